The Bertz CT molecular complexity index is 251. The van der Waals surface area contributed by atoms with Gasteiger partial charge in [0, 0.05) is 13.6 Å². The summed E-state index contributed by atoms with van der Waals surface area (Å²) in [6.45, 7) is 8.52. The first-order valence-electron chi connectivity index (χ1n) is 5.28. The van der Waals surface area contributed by atoms with Gasteiger partial charge in [-0.2, -0.15) is 0 Å². The number of hydrogen-bond acceptors (Lipinski definition) is 2. The van der Waals surface area contributed by atoms with E-state index in [4.69, 9.17) is 18.0 Å². The molecule has 0 aromatic rings. The summed E-state index contributed by atoms with van der Waals surface area (Å²) in [6, 6.07) is 0. The molecule has 4 heteroatoms. The Morgan fingerprint density at radius 3 is 2.33 bits per heavy atom. The number of nitrogens with zero attached hydrogens (tertiary/aromatic N) is 1. The Balaban J connectivity index is 4.51. The summed E-state index contributed by atoms with van der Waals surface area (Å²) in [4.78, 5) is 14.0. The standard InChI is InChI=1S/C11H22N2OS/c1-6-8(2)7-13(5)10(14)11(3,4)9(12)15/h8H,6-7H2,1-5H3,(H2,12,15). The van der Waals surface area contributed by atoms with E-state index in [1.54, 1.807) is 25.8 Å². The lowest BCUT2D eigenvalue weighted by atomic mass is 9.91. The molecule has 0 rings (SSSR count). The van der Waals surface area contributed by atoms with E-state index < -0.39 is 5.41 Å². The van der Waals surface area contributed by atoms with Crippen LogP contribution in [-0.4, -0.2) is 29.4 Å². The van der Waals surface area contributed by atoms with Gasteiger partial charge in [-0.05, 0) is 19.8 Å². The molecule has 0 aromatic carbocycles. The number of carbonyl (C=O) groups is 1. The van der Waals surface area contributed by atoms with Gasteiger partial charge < -0.3 is 10.6 Å². The lowest BCUT2D eigenvalue weighted by Crippen LogP contribution is -2.46. The minimum atomic E-state index is -0.739. The van der Waals surface area contributed by atoms with Crippen LogP contribution >= 0.6 is 12.2 Å². The third-order valence-corrected chi connectivity index (χ3v) is 3.29. The van der Waals surface area contributed by atoms with Crippen molar-refractivity contribution in [2.75, 3.05) is 13.6 Å². The molecule has 0 radical (unpaired) electrons. The molecule has 0 saturated carbocycles. The van der Waals surface area contributed by atoms with E-state index in [2.05, 4.69) is 13.8 Å². The molecule has 1 atom stereocenters. The fraction of sp³-hybridized carbons (Fsp3) is 0.818. The van der Waals surface area contributed by atoms with Crippen molar-refractivity contribution in [3.8, 4) is 0 Å². The van der Waals surface area contributed by atoms with Crippen LogP contribution < -0.4 is 5.73 Å². The van der Waals surface area contributed by atoms with Crippen molar-refractivity contribution >= 4 is 23.1 Å². The van der Waals surface area contributed by atoms with E-state index in [0.29, 0.717) is 5.92 Å². The molecule has 1 amide bonds. The van der Waals surface area contributed by atoms with Crippen LogP contribution in [0.5, 0.6) is 0 Å². The van der Waals surface area contributed by atoms with Crippen LogP contribution in [0.3, 0.4) is 0 Å². The summed E-state index contributed by atoms with van der Waals surface area (Å²) in [5, 5.41) is 0. The summed E-state index contributed by atoms with van der Waals surface area (Å²) in [6.07, 6.45) is 1.06. The van der Waals surface area contributed by atoms with Gasteiger partial charge in [-0.3, -0.25) is 4.79 Å². The topological polar surface area (TPSA) is 46.3 Å². The number of hydrogen-bond donors (Lipinski definition) is 1. The number of amides is 1. The van der Waals surface area contributed by atoms with Crippen LogP contribution in [0.1, 0.15) is 34.1 Å². The predicted octanol–water partition coefficient (Wildman–Crippen LogP) is 1.80. The van der Waals surface area contributed by atoms with E-state index in [9.17, 15) is 4.79 Å². The summed E-state index contributed by atoms with van der Waals surface area (Å²) in [5.41, 5.74) is 4.82. The maximum Gasteiger partial charge on any atom is 0.234 e. The highest BCUT2D eigenvalue weighted by Crippen LogP contribution is 2.19. The smallest absolute Gasteiger partial charge is 0.234 e. The van der Waals surface area contributed by atoms with Crippen molar-refractivity contribution in [3.63, 3.8) is 0 Å². The Labute approximate surface area is 98.0 Å². The molecule has 0 saturated heterocycles. The third-order valence-electron chi connectivity index (χ3n) is 2.78. The fourth-order valence-electron chi connectivity index (χ4n) is 1.26. The van der Waals surface area contributed by atoms with E-state index in [1.165, 1.54) is 0 Å². The Kier molecular flexibility index (Phi) is 5.21. The molecule has 88 valence electrons. The summed E-state index contributed by atoms with van der Waals surface area (Å²) in [5.74, 6) is 0.497. The van der Waals surface area contributed by atoms with E-state index in [0.717, 1.165) is 13.0 Å². The summed E-state index contributed by atoms with van der Waals surface area (Å²) >= 11 is 4.90. The zero-order chi connectivity index (χ0) is 12.2. The fourth-order valence-corrected chi connectivity index (χ4v) is 1.35. The van der Waals surface area contributed by atoms with Gasteiger partial charge in [0.1, 0.15) is 0 Å². The number of thiocarbonyl (C=S) groups is 1. The maximum atomic E-state index is 12.0. The minimum Gasteiger partial charge on any atom is -0.392 e. The van der Waals surface area contributed by atoms with Gasteiger partial charge in [0.05, 0.1) is 10.4 Å². The van der Waals surface area contributed by atoms with Crippen molar-refractivity contribution in [3.05, 3.63) is 0 Å². The van der Waals surface area contributed by atoms with E-state index >= 15 is 0 Å². The average molecular weight is 230 g/mol. The molecular weight excluding hydrogens is 208 g/mol. The highest BCUT2D eigenvalue weighted by atomic mass is 32.1. The van der Waals surface area contributed by atoms with Gasteiger partial charge in [0.15, 0.2) is 0 Å². The van der Waals surface area contributed by atoms with Crippen molar-refractivity contribution < 1.29 is 4.79 Å². The van der Waals surface area contributed by atoms with Crippen molar-refractivity contribution in [1.29, 1.82) is 0 Å². The summed E-state index contributed by atoms with van der Waals surface area (Å²) in [7, 11) is 1.80. The molecule has 0 aromatic heterocycles. The molecule has 3 nitrogen and oxygen atoms in total. The Morgan fingerprint density at radius 1 is 1.53 bits per heavy atom. The van der Waals surface area contributed by atoms with E-state index in [1.807, 2.05) is 0 Å². The summed E-state index contributed by atoms with van der Waals surface area (Å²) < 4.78 is 0. The number of nitrogens with two attached hydrogens (primary N) is 1. The molecule has 0 bridgehead atoms. The lowest BCUT2D eigenvalue weighted by molar-refractivity contribution is -0.136. The first-order chi connectivity index (χ1) is 6.73. The van der Waals surface area contributed by atoms with Gasteiger partial charge in [-0.15, -0.1) is 0 Å². The molecule has 0 heterocycles. The molecule has 1 unspecified atom stereocenters. The van der Waals surface area contributed by atoms with Gasteiger partial charge >= 0.3 is 0 Å². The highest BCUT2D eigenvalue weighted by Gasteiger charge is 2.33. The van der Waals surface area contributed by atoms with E-state index in [-0.39, 0.29) is 10.9 Å². The number of rotatable bonds is 5. The molecule has 0 aliphatic carbocycles. The average Bonchev–Trinajstić information content (AvgIpc) is 2.15. The van der Waals surface area contributed by atoms with Crippen LogP contribution in [0.15, 0.2) is 0 Å². The van der Waals surface area contributed by atoms with Gasteiger partial charge in [0.2, 0.25) is 5.91 Å². The van der Waals surface area contributed by atoms with Crippen molar-refractivity contribution in [2.45, 2.75) is 34.1 Å². The second-order valence-corrected chi connectivity index (χ2v) is 5.13. The van der Waals surface area contributed by atoms with Gasteiger partial charge in [0.25, 0.3) is 0 Å². The number of carbonyl (C=O) groups excluding carboxylic acids is 1. The minimum absolute atomic E-state index is 0.00435. The first-order valence-corrected chi connectivity index (χ1v) is 5.69. The van der Waals surface area contributed by atoms with Crippen LogP contribution in [-0.2, 0) is 4.79 Å². The normalized spacial score (nSPS) is 13.4. The Hall–Kier alpha value is -0.640. The lowest BCUT2D eigenvalue weighted by Gasteiger charge is -2.29. The second kappa shape index (κ2) is 5.45. The molecule has 2 N–H and O–H groups in total. The molecular formula is C11H22N2OS. The van der Waals surface area contributed by atoms with Crippen LogP contribution in [0, 0.1) is 11.3 Å². The van der Waals surface area contributed by atoms with Gasteiger partial charge in [-0.1, -0.05) is 32.5 Å². The molecule has 15 heavy (non-hydrogen) atoms. The Morgan fingerprint density at radius 2 is 2.00 bits per heavy atom. The van der Waals surface area contributed by atoms with Crippen LogP contribution in [0.2, 0.25) is 0 Å². The predicted molar refractivity (Wildman–Crippen MR) is 67.7 cm³/mol. The van der Waals surface area contributed by atoms with Crippen LogP contribution in [0.4, 0.5) is 0 Å². The maximum absolute atomic E-state index is 12.0. The molecule has 0 spiro atoms. The van der Waals surface area contributed by atoms with Crippen LogP contribution in [0.25, 0.3) is 0 Å². The molecule has 0 aliphatic heterocycles. The largest absolute Gasteiger partial charge is 0.392 e. The zero-order valence-electron chi connectivity index (χ0n) is 10.3. The molecule has 0 aliphatic rings. The highest BCUT2D eigenvalue weighted by molar-refractivity contribution is 7.80. The quantitative estimate of drug-likeness (QED) is 0.733. The van der Waals surface area contributed by atoms with Gasteiger partial charge in [-0.25, -0.2) is 0 Å². The zero-order valence-corrected chi connectivity index (χ0v) is 11.1. The first kappa shape index (κ1) is 14.4. The SMILES string of the molecule is CCC(C)CN(C)C(=O)C(C)(C)C(N)=S. The molecule has 0 fully saturated rings. The van der Waals surface area contributed by atoms with Crippen molar-refractivity contribution in [2.24, 2.45) is 17.1 Å². The monoisotopic (exact) mass is 230 g/mol. The second-order valence-electron chi connectivity index (χ2n) is 4.69. The third kappa shape index (κ3) is 3.78. The van der Waals surface area contributed by atoms with Crippen molar-refractivity contribution in [1.82, 2.24) is 4.90 Å².